The molecule has 0 amide bonds. The molecule has 0 aromatic carbocycles. The second-order valence-corrected chi connectivity index (χ2v) is 7.20. The highest BCUT2D eigenvalue weighted by Gasteiger charge is 2.30. The third-order valence-corrected chi connectivity index (χ3v) is 4.92. The Balaban J connectivity index is 1.99. The number of ether oxygens (including phenoxy) is 1. The number of sulfonamides is 1. The van der Waals surface area contributed by atoms with E-state index in [0.29, 0.717) is 32.1 Å². The minimum absolute atomic E-state index is 0.0293. The Morgan fingerprint density at radius 3 is 2.65 bits per heavy atom. The lowest BCUT2D eigenvalue weighted by atomic mass is 9.83. The molecule has 1 saturated heterocycles. The summed E-state index contributed by atoms with van der Waals surface area (Å²) in [6.07, 6.45) is 1.72. The molecule has 20 heavy (non-hydrogen) atoms. The van der Waals surface area contributed by atoms with Crippen molar-refractivity contribution in [2.75, 3.05) is 26.8 Å². The Kier molecular flexibility index (Phi) is 4.85. The zero-order valence-electron chi connectivity index (χ0n) is 11.9. The van der Waals surface area contributed by atoms with Crippen LogP contribution in [-0.4, -0.2) is 35.2 Å². The molecule has 0 unspecified atom stereocenters. The van der Waals surface area contributed by atoms with Crippen molar-refractivity contribution in [2.24, 2.45) is 5.41 Å². The summed E-state index contributed by atoms with van der Waals surface area (Å²) in [7, 11) is -1.80. The molecule has 0 aliphatic carbocycles. The highest BCUT2D eigenvalue weighted by atomic mass is 32.2. The summed E-state index contributed by atoms with van der Waals surface area (Å²) in [6, 6.07) is 3.16. The normalized spacial score (nSPS) is 19.1. The van der Waals surface area contributed by atoms with Crippen LogP contribution < -0.4 is 10.0 Å². The van der Waals surface area contributed by atoms with Gasteiger partial charge in [0.15, 0.2) is 0 Å². The van der Waals surface area contributed by atoms with Gasteiger partial charge in [-0.2, -0.15) is 0 Å². The monoisotopic (exact) mass is 302 g/mol. The zero-order valence-corrected chi connectivity index (χ0v) is 12.8. The molecule has 114 valence electrons. The van der Waals surface area contributed by atoms with Crippen LogP contribution in [0.5, 0.6) is 0 Å². The van der Waals surface area contributed by atoms with E-state index >= 15 is 0 Å². The number of hydrogen-bond donors (Lipinski definition) is 2. The molecule has 1 aromatic rings. The van der Waals surface area contributed by atoms with Gasteiger partial charge in [-0.15, -0.1) is 0 Å². The summed E-state index contributed by atoms with van der Waals surface area (Å²) < 4.78 is 37.6. The third kappa shape index (κ3) is 3.82. The molecule has 1 aliphatic rings. The number of rotatable bonds is 6. The molecular formula is C13H22N2O4S. The fraction of sp³-hybridized carbons (Fsp3) is 0.692. The van der Waals surface area contributed by atoms with Crippen LogP contribution in [0.15, 0.2) is 21.6 Å². The van der Waals surface area contributed by atoms with E-state index < -0.39 is 10.0 Å². The number of nitrogens with one attached hydrogen (secondary N) is 2. The molecule has 1 aromatic heterocycles. The molecule has 6 nitrogen and oxygen atoms in total. The van der Waals surface area contributed by atoms with Crippen LogP contribution in [0.3, 0.4) is 0 Å². The molecule has 2 N–H and O–H groups in total. The lowest BCUT2D eigenvalue weighted by molar-refractivity contribution is 0.0264. The largest absolute Gasteiger partial charge is 0.447 e. The number of hydrogen-bond acceptors (Lipinski definition) is 5. The van der Waals surface area contributed by atoms with Gasteiger partial charge in [-0.25, -0.2) is 13.1 Å². The molecule has 1 fully saturated rings. The second kappa shape index (κ2) is 6.26. The van der Waals surface area contributed by atoms with Gasteiger partial charge < -0.3 is 14.5 Å². The third-order valence-electron chi connectivity index (χ3n) is 3.64. The summed E-state index contributed by atoms with van der Waals surface area (Å²) in [5.74, 6) is 0.602. The van der Waals surface area contributed by atoms with E-state index in [0.717, 1.165) is 12.8 Å². The van der Waals surface area contributed by atoms with Gasteiger partial charge in [0.2, 0.25) is 5.09 Å². The Morgan fingerprint density at radius 1 is 1.30 bits per heavy atom. The minimum atomic E-state index is -3.58. The zero-order chi connectivity index (χ0) is 14.6. The van der Waals surface area contributed by atoms with Crippen molar-refractivity contribution in [1.29, 1.82) is 0 Å². The van der Waals surface area contributed by atoms with Crippen molar-refractivity contribution < 1.29 is 17.6 Å². The van der Waals surface area contributed by atoms with Crippen LogP contribution in [0.2, 0.25) is 0 Å². The van der Waals surface area contributed by atoms with Crippen LogP contribution in [0.25, 0.3) is 0 Å². The fourth-order valence-electron chi connectivity index (χ4n) is 2.15. The van der Waals surface area contributed by atoms with Crippen molar-refractivity contribution in [1.82, 2.24) is 10.0 Å². The van der Waals surface area contributed by atoms with Gasteiger partial charge in [0.25, 0.3) is 10.0 Å². The van der Waals surface area contributed by atoms with E-state index in [1.54, 1.807) is 13.1 Å². The molecule has 0 bridgehead atoms. The molecular weight excluding hydrogens is 280 g/mol. The summed E-state index contributed by atoms with van der Waals surface area (Å²) in [4.78, 5) is 0. The highest BCUT2D eigenvalue weighted by molar-refractivity contribution is 7.89. The standard InChI is InChI=1S/C13H22N2O4S/c1-13(5-7-18-8-6-13)10-15-20(16,17)12-4-3-11(19-12)9-14-2/h3-4,14-15H,5-10H2,1-2H3. The molecule has 2 heterocycles. The van der Waals surface area contributed by atoms with E-state index in [1.807, 2.05) is 0 Å². The first-order valence-corrected chi connectivity index (χ1v) is 8.24. The van der Waals surface area contributed by atoms with Gasteiger partial charge in [0, 0.05) is 19.8 Å². The lowest BCUT2D eigenvalue weighted by Gasteiger charge is -2.33. The average molecular weight is 302 g/mol. The summed E-state index contributed by atoms with van der Waals surface area (Å²) in [6.45, 7) is 4.36. The van der Waals surface area contributed by atoms with Crippen molar-refractivity contribution >= 4 is 10.0 Å². The molecule has 7 heteroatoms. The fourth-order valence-corrected chi connectivity index (χ4v) is 3.30. The molecule has 1 aliphatic heterocycles. The van der Waals surface area contributed by atoms with Crippen molar-refractivity contribution in [2.45, 2.75) is 31.4 Å². The Bertz CT molecular complexity index is 532. The summed E-state index contributed by atoms with van der Waals surface area (Å²) >= 11 is 0. The predicted octanol–water partition coefficient (Wildman–Crippen LogP) is 1.09. The first-order chi connectivity index (χ1) is 9.45. The molecule has 0 radical (unpaired) electrons. The van der Waals surface area contributed by atoms with Gasteiger partial charge in [0.1, 0.15) is 5.76 Å². The molecule has 2 rings (SSSR count). The van der Waals surface area contributed by atoms with Crippen LogP contribution in [0.4, 0.5) is 0 Å². The quantitative estimate of drug-likeness (QED) is 0.822. The molecule has 0 saturated carbocycles. The molecule has 0 spiro atoms. The van der Waals surface area contributed by atoms with E-state index in [-0.39, 0.29) is 10.5 Å². The topological polar surface area (TPSA) is 80.6 Å². The van der Waals surface area contributed by atoms with E-state index in [9.17, 15) is 8.42 Å². The second-order valence-electron chi connectivity index (χ2n) is 5.50. The van der Waals surface area contributed by atoms with E-state index in [1.165, 1.54) is 6.07 Å². The first-order valence-electron chi connectivity index (χ1n) is 6.76. The summed E-state index contributed by atoms with van der Waals surface area (Å²) in [5, 5.41) is 2.89. The summed E-state index contributed by atoms with van der Waals surface area (Å²) in [5.41, 5.74) is -0.0499. The lowest BCUT2D eigenvalue weighted by Crippen LogP contribution is -2.39. The Morgan fingerprint density at radius 2 is 2.00 bits per heavy atom. The smallest absolute Gasteiger partial charge is 0.273 e. The highest BCUT2D eigenvalue weighted by Crippen LogP contribution is 2.29. The SMILES string of the molecule is CNCc1ccc(S(=O)(=O)NCC2(C)CCOCC2)o1. The van der Waals surface area contributed by atoms with Crippen LogP contribution >= 0.6 is 0 Å². The number of furan rings is 1. The maximum atomic E-state index is 12.2. The van der Waals surface area contributed by atoms with Gasteiger partial charge in [-0.1, -0.05) is 6.92 Å². The van der Waals surface area contributed by atoms with Crippen LogP contribution in [0, 0.1) is 5.41 Å². The minimum Gasteiger partial charge on any atom is -0.447 e. The Labute approximate surface area is 119 Å². The van der Waals surface area contributed by atoms with Gasteiger partial charge in [0.05, 0.1) is 6.54 Å². The molecule has 0 atom stereocenters. The van der Waals surface area contributed by atoms with Crippen LogP contribution in [-0.2, 0) is 21.3 Å². The van der Waals surface area contributed by atoms with Crippen molar-refractivity contribution in [3.8, 4) is 0 Å². The van der Waals surface area contributed by atoms with Gasteiger partial charge in [-0.3, -0.25) is 0 Å². The van der Waals surface area contributed by atoms with Crippen LogP contribution in [0.1, 0.15) is 25.5 Å². The maximum absolute atomic E-state index is 12.2. The van der Waals surface area contributed by atoms with Gasteiger partial charge in [-0.05, 0) is 37.4 Å². The van der Waals surface area contributed by atoms with Gasteiger partial charge >= 0.3 is 0 Å². The predicted molar refractivity (Wildman–Crippen MR) is 74.8 cm³/mol. The van der Waals surface area contributed by atoms with Crippen molar-refractivity contribution in [3.05, 3.63) is 17.9 Å². The average Bonchev–Trinajstić information content (AvgIpc) is 2.88. The van der Waals surface area contributed by atoms with Crippen molar-refractivity contribution in [3.63, 3.8) is 0 Å². The Hall–Kier alpha value is -0.890. The first kappa shape index (κ1) is 15.5. The van der Waals surface area contributed by atoms with E-state index in [4.69, 9.17) is 9.15 Å². The van der Waals surface area contributed by atoms with E-state index in [2.05, 4.69) is 17.0 Å². The maximum Gasteiger partial charge on any atom is 0.273 e.